The standard InChI is InChI=1S/C14H32N2O/c1-6-17-11-7-9-15-12-14(4)16(5)10-8-13(2)3/h13-15H,6-12H2,1-5H3. The van der Waals surface area contributed by atoms with E-state index in [1.807, 2.05) is 6.92 Å². The summed E-state index contributed by atoms with van der Waals surface area (Å²) >= 11 is 0. The predicted octanol–water partition coefficient (Wildman–Crippen LogP) is 2.37. The average Bonchev–Trinajstić information content (AvgIpc) is 2.30. The molecule has 0 saturated heterocycles. The zero-order chi connectivity index (χ0) is 13.1. The van der Waals surface area contributed by atoms with Gasteiger partial charge in [-0.25, -0.2) is 0 Å². The molecule has 17 heavy (non-hydrogen) atoms. The molecule has 0 rings (SSSR count). The van der Waals surface area contributed by atoms with Crippen molar-refractivity contribution in [1.82, 2.24) is 10.2 Å². The van der Waals surface area contributed by atoms with E-state index in [9.17, 15) is 0 Å². The van der Waals surface area contributed by atoms with Crippen molar-refractivity contribution >= 4 is 0 Å². The summed E-state index contributed by atoms with van der Waals surface area (Å²) in [7, 11) is 2.22. The maximum atomic E-state index is 5.30. The van der Waals surface area contributed by atoms with Crippen LogP contribution in [-0.2, 0) is 4.74 Å². The maximum Gasteiger partial charge on any atom is 0.0477 e. The molecule has 104 valence electrons. The SMILES string of the molecule is CCOCCCNCC(C)N(C)CCC(C)C. The van der Waals surface area contributed by atoms with Gasteiger partial charge in [0.25, 0.3) is 0 Å². The summed E-state index contributed by atoms with van der Waals surface area (Å²) in [6, 6.07) is 0.612. The Balaban J connectivity index is 3.40. The van der Waals surface area contributed by atoms with E-state index in [1.54, 1.807) is 0 Å². The first-order valence-electron chi connectivity index (χ1n) is 7.06. The van der Waals surface area contributed by atoms with Gasteiger partial charge in [-0.1, -0.05) is 13.8 Å². The molecule has 1 N–H and O–H groups in total. The number of rotatable bonds is 11. The summed E-state index contributed by atoms with van der Waals surface area (Å²) in [5, 5.41) is 3.49. The van der Waals surface area contributed by atoms with Gasteiger partial charge in [-0.15, -0.1) is 0 Å². The quantitative estimate of drug-likeness (QED) is 0.565. The van der Waals surface area contributed by atoms with Gasteiger partial charge in [-0.2, -0.15) is 0 Å². The van der Waals surface area contributed by atoms with E-state index in [0.717, 1.165) is 38.6 Å². The molecule has 3 heteroatoms. The number of likely N-dealkylation sites (N-methyl/N-ethyl adjacent to an activating group) is 1. The first kappa shape index (κ1) is 16.9. The van der Waals surface area contributed by atoms with Crippen molar-refractivity contribution in [3.05, 3.63) is 0 Å². The minimum absolute atomic E-state index is 0.612. The fourth-order valence-corrected chi connectivity index (χ4v) is 1.59. The molecule has 0 bridgehead atoms. The van der Waals surface area contributed by atoms with Gasteiger partial charge in [-0.3, -0.25) is 0 Å². The van der Waals surface area contributed by atoms with Crippen molar-refractivity contribution in [2.24, 2.45) is 5.92 Å². The molecule has 0 heterocycles. The lowest BCUT2D eigenvalue weighted by atomic mass is 10.1. The Labute approximate surface area is 108 Å². The Hall–Kier alpha value is -0.120. The van der Waals surface area contributed by atoms with Crippen LogP contribution in [0, 0.1) is 5.92 Å². The Morgan fingerprint density at radius 2 is 1.94 bits per heavy atom. The highest BCUT2D eigenvalue weighted by atomic mass is 16.5. The Morgan fingerprint density at radius 3 is 2.53 bits per heavy atom. The molecule has 0 aromatic heterocycles. The van der Waals surface area contributed by atoms with Crippen molar-refractivity contribution in [3.63, 3.8) is 0 Å². The molecule has 1 atom stereocenters. The van der Waals surface area contributed by atoms with Crippen LogP contribution in [0.1, 0.15) is 40.5 Å². The lowest BCUT2D eigenvalue weighted by molar-refractivity contribution is 0.144. The fourth-order valence-electron chi connectivity index (χ4n) is 1.59. The summed E-state index contributed by atoms with van der Waals surface area (Å²) in [6.45, 7) is 13.9. The number of hydrogen-bond acceptors (Lipinski definition) is 3. The van der Waals surface area contributed by atoms with Crippen LogP contribution in [0.4, 0.5) is 0 Å². The molecule has 0 aromatic carbocycles. The van der Waals surface area contributed by atoms with Crippen LogP contribution in [0.25, 0.3) is 0 Å². The minimum Gasteiger partial charge on any atom is -0.382 e. The van der Waals surface area contributed by atoms with E-state index >= 15 is 0 Å². The second kappa shape index (κ2) is 11.0. The third-order valence-electron chi connectivity index (χ3n) is 3.10. The normalized spacial score (nSPS) is 13.6. The van der Waals surface area contributed by atoms with Gasteiger partial charge in [0.15, 0.2) is 0 Å². The smallest absolute Gasteiger partial charge is 0.0477 e. The van der Waals surface area contributed by atoms with Crippen LogP contribution in [0.15, 0.2) is 0 Å². The molecular weight excluding hydrogens is 212 g/mol. The number of nitrogens with one attached hydrogen (secondary N) is 1. The van der Waals surface area contributed by atoms with Gasteiger partial charge in [0, 0.05) is 25.8 Å². The van der Waals surface area contributed by atoms with Gasteiger partial charge < -0.3 is 15.0 Å². The Bertz CT molecular complexity index is 162. The highest BCUT2D eigenvalue weighted by Gasteiger charge is 2.08. The second-order valence-corrected chi connectivity index (χ2v) is 5.27. The van der Waals surface area contributed by atoms with Crippen LogP contribution in [0.2, 0.25) is 0 Å². The van der Waals surface area contributed by atoms with E-state index in [2.05, 4.69) is 38.0 Å². The van der Waals surface area contributed by atoms with Crippen LogP contribution >= 0.6 is 0 Å². The first-order valence-corrected chi connectivity index (χ1v) is 7.06. The maximum absolute atomic E-state index is 5.30. The van der Waals surface area contributed by atoms with Crippen molar-refractivity contribution in [2.45, 2.75) is 46.6 Å². The Kier molecular flexibility index (Phi) is 10.9. The van der Waals surface area contributed by atoms with Gasteiger partial charge in [-0.05, 0) is 52.7 Å². The van der Waals surface area contributed by atoms with E-state index in [0.29, 0.717) is 6.04 Å². The van der Waals surface area contributed by atoms with Gasteiger partial charge in [0.1, 0.15) is 0 Å². The highest BCUT2D eigenvalue weighted by Crippen LogP contribution is 2.03. The van der Waals surface area contributed by atoms with E-state index in [1.165, 1.54) is 13.0 Å². The lowest BCUT2D eigenvalue weighted by Gasteiger charge is -2.25. The van der Waals surface area contributed by atoms with Crippen LogP contribution < -0.4 is 5.32 Å². The molecule has 1 unspecified atom stereocenters. The van der Waals surface area contributed by atoms with Crippen molar-refractivity contribution in [2.75, 3.05) is 39.9 Å². The number of ether oxygens (including phenoxy) is 1. The minimum atomic E-state index is 0.612. The number of nitrogens with zero attached hydrogens (tertiary/aromatic N) is 1. The first-order chi connectivity index (χ1) is 8.07. The van der Waals surface area contributed by atoms with Crippen molar-refractivity contribution < 1.29 is 4.74 Å². The lowest BCUT2D eigenvalue weighted by Crippen LogP contribution is -2.39. The summed E-state index contributed by atoms with van der Waals surface area (Å²) in [4.78, 5) is 2.44. The van der Waals surface area contributed by atoms with Gasteiger partial charge >= 0.3 is 0 Å². The molecule has 0 amide bonds. The largest absolute Gasteiger partial charge is 0.382 e. The zero-order valence-electron chi connectivity index (χ0n) is 12.5. The Morgan fingerprint density at radius 1 is 1.24 bits per heavy atom. The average molecular weight is 244 g/mol. The van der Waals surface area contributed by atoms with E-state index in [4.69, 9.17) is 4.74 Å². The molecule has 0 aromatic rings. The molecule has 0 saturated carbocycles. The third kappa shape index (κ3) is 10.7. The molecule has 0 fully saturated rings. The topological polar surface area (TPSA) is 24.5 Å². The third-order valence-corrected chi connectivity index (χ3v) is 3.10. The molecule has 0 spiro atoms. The molecule has 3 nitrogen and oxygen atoms in total. The molecule has 0 radical (unpaired) electrons. The fraction of sp³-hybridized carbons (Fsp3) is 1.00. The zero-order valence-corrected chi connectivity index (χ0v) is 12.5. The molecule has 0 aliphatic rings. The summed E-state index contributed by atoms with van der Waals surface area (Å²) in [5.41, 5.74) is 0. The summed E-state index contributed by atoms with van der Waals surface area (Å²) in [6.07, 6.45) is 2.39. The van der Waals surface area contributed by atoms with Gasteiger partial charge in [0.2, 0.25) is 0 Å². The van der Waals surface area contributed by atoms with Crippen molar-refractivity contribution in [1.29, 1.82) is 0 Å². The van der Waals surface area contributed by atoms with Crippen LogP contribution in [-0.4, -0.2) is 50.8 Å². The van der Waals surface area contributed by atoms with Crippen molar-refractivity contribution in [3.8, 4) is 0 Å². The number of hydrogen-bond donors (Lipinski definition) is 1. The van der Waals surface area contributed by atoms with Crippen LogP contribution in [0.3, 0.4) is 0 Å². The van der Waals surface area contributed by atoms with E-state index < -0.39 is 0 Å². The summed E-state index contributed by atoms with van der Waals surface area (Å²) < 4.78 is 5.30. The molecular formula is C14H32N2O. The molecule has 0 aliphatic carbocycles. The summed E-state index contributed by atoms with van der Waals surface area (Å²) in [5.74, 6) is 0.795. The predicted molar refractivity (Wildman–Crippen MR) is 75.5 cm³/mol. The second-order valence-electron chi connectivity index (χ2n) is 5.27. The van der Waals surface area contributed by atoms with Gasteiger partial charge in [0.05, 0.1) is 0 Å². The van der Waals surface area contributed by atoms with E-state index in [-0.39, 0.29) is 0 Å². The van der Waals surface area contributed by atoms with Crippen LogP contribution in [0.5, 0.6) is 0 Å². The monoisotopic (exact) mass is 244 g/mol. The highest BCUT2D eigenvalue weighted by molar-refractivity contribution is 4.66. The molecule has 0 aliphatic heterocycles.